The molecule has 112 valence electrons. The first-order chi connectivity index (χ1) is 10.2. The van der Waals surface area contributed by atoms with E-state index in [-0.39, 0.29) is 6.04 Å². The summed E-state index contributed by atoms with van der Waals surface area (Å²) < 4.78 is 32.5. The topological polar surface area (TPSA) is 34.2 Å². The molecule has 0 bridgehead atoms. The zero-order chi connectivity index (χ0) is 15.2. The zero-order valence-corrected chi connectivity index (χ0v) is 12.1. The number of nitrogens with zero attached hydrogens (tertiary/aromatic N) is 1. The van der Waals surface area contributed by atoms with Gasteiger partial charge in [-0.3, -0.25) is 4.98 Å². The Balaban J connectivity index is 2.33. The smallest absolute Gasteiger partial charge is 0.162 e. The molecule has 1 heterocycles. The van der Waals surface area contributed by atoms with E-state index in [1.165, 1.54) is 6.07 Å². The largest absolute Gasteiger partial charge is 0.495 e. The highest BCUT2D eigenvalue weighted by molar-refractivity contribution is 5.34. The van der Waals surface area contributed by atoms with Gasteiger partial charge in [-0.05, 0) is 30.7 Å². The second-order valence-electron chi connectivity index (χ2n) is 4.64. The zero-order valence-electron chi connectivity index (χ0n) is 12.1. The molecule has 0 aliphatic rings. The molecule has 0 fully saturated rings. The fourth-order valence-corrected chi connectivity index (χ4v) is 2.31. The first-order valence-corrected chi connectivity index (χ1v) is 6.81. The number of nitrogens with one attached hydrogen (secondary N) is 1. The predicted octanol–water partition coefficient (Wildman–Crippen LogP) is 3.26. The third-order valence-corrected chi connectivity index (χ3v) is 3.32. The van der Waals surface area contributed by atoms with E-state index in [4.69, 9.17) is 4.74 Å². The van der Waals surface area contributed by atoms with Crippen molar-refractivity contribution in [3.8, 4) is 5.75 Å². The molecule has 0 aliphatic heterocycles. The fraction of sp³-hybridized carbons (Fsp3) is 0.312. The second-order valence-corrected chi connectivity index (χ2v) is 4.64. The minimum absolute atomic E-state index is 0.177. The molecule has 0 saturated heterocycles. The third kappa shape index (κ3) is 3.55. The average Bonchev–Trinajstić information content (AvgIpc) is 2.51. The van der Waals surface area contributed by atoms with Gasteiger partial charge in [-0.2, -0.15) is 0 Å². The van der Waals surface area contributed by atoms with Crippen molar-refractivity contribution in [3.63, 3.8) is 0 Å². The summed E-state index contributed by atoms with van der Waals surface area (Å²) in [6, 6.07) is 5.87. The molecular weight excluding hydrogens is 274 g/mol. The van der Waals surface area contributed by atoms with Crippen molar-refractivity contribution in [2.24, 2.45) is 0 Å². The minimum Gasteiger partial charge on any atom is -0.495 e. The SMILES string of the molecule is CCNC(Cc1cccc(F)c1F)c1ccncc1OC. The number of pyridine rings is 1. The number of hydrogen-bond acceptors (Lipinski definition) is 3. The summed E-state index contributed by atoms with van der Waals surface area (Å²) in [5.74, 6) is -1.00. The Bertz CT molecular complexity index is 605. The number of aromatic nitrogens is 1. The van der Waals surface area contributed by atoms with Crippen LogP contribution < -0.4 is 10.1 Å². The first kappa shape index (κ1) is 15.4. The van der Waals surface area contributed by atoms with Gasteiger partial charge in [0, 0.05) is 17.8 Å². The van der Waals surface area contributed by atoms with Crippen LogP contribution in [0.25, 0.3) is 0 Å². The van der Waals surface area contributed by atoms with Crippen molar-refractivity contribution in [2.75, 3.05) is 13.7 Å². The molecule has 0 radical (unpaired) electrons. The Morgan fingerprint density at radius 3 is 2.81 bits per heavy atom. The van der Waals surface area contributed by atoms with Crippen molar-refractivity contribution < 1.29 is 13.5 Å². The van der Waals surface area contributed by atoms with Crippen molar-refractivity contribution in [3.05, 3.63) is 59.4 Å². The molecule has 1 N–H and O–H groups in total. The Kier molecular flexibility index (Phi) is 5.22. The minimum atomic E-state index is -0.829. The molecule has 1 aromatic heterocycles. The van der Waals surface area contributed by atoms with Crippen molar-refractivity contribution >= 4 is 0 Å². The lowest BCUT2D eigenvalue weighted by Crippen LogP contribution is -2.24. The number of methoxy groups -OCH3 is 1. The van der Waals surface area contributed by atoms with Crippen LogP contribution in [0, 0.1) is 11.6 Å². The molecule has 0 amide bonds. The van der Waals surface area contributed by atoms with Gasteiger partial charge in [0.1, 0.15) is 5.75 Å². The Labute approximate surface area is 123 Å². The molecule has 1 aromatic carbocycles. The van der Waals surface area contributed by atoms with E-state index in [0.29, 0.717) is 24.3 Å². The quantitative estimate of drug-likeness (QED) is 0.887. The highest BCUT2D eigenvalue weighted by Gasteiger charge is 2.18. The lowest BCUT2D eigenvalue weighted by molar-refractivity contribution is 0.396. The van der Waals surface area contributed by atoms with E-state index in [1.807, 2.05) is 13.0 Å². The maximum atomic E-state index is 13.9. The summed E-state index contributed by atoms with van der Waals surface area (Å²) in [6.45, 7) is 2.66. The Hall–Kier alpha value is -2.01. The maximum absolute atomic E-state index is 13.9. The number of rotatable bonds is 6. The standard InChI is InChI=1S/C16H18F2N2O/c1-3-20-14(12-7-8-19-10-15(12)21-2)9-11-5-4-6-13(17)16(11)18/h4-8,10,14,20H,3,9H2,1-2H3. The molecule has 21 heavy (non-hydrogen) atoms. The van der Waals surface area contributed by atoms with E-state index in [9.17, 15) is 8.78 Å². The van der Waals surface area contributed by atoms with Gasteiger partial charge in [0.05, 0.1) is 13.3 Å². The van der Waals surface area contributed by atoms with Crippen LogP contribution in [-0.2, 0) is 6.42 Å². The number of ether oxygens (including phenoxy) is 1. The molecular formula is C16H18F2N2O. The van der Waals surface area contributed by atoms with E-state index >= 15 is 0 Å². The molecule has 0 spiro atoms. The number of likely N-dealkylation sites (N-methyl/N-ethyl adjacent to an activating group) is 1. The Morgan fingerprint density at radius 2 is 2.10 bits per heavy atom. The summed E-state index contributed by atoms with van der Waals surface area (Å²) >= 11 is 0. The lowest BCUT2D eigenvalue weighted by Gasteiger charge is -2.20. The fourth-order valence-electron chi connectivity index (χ4n) is 2.31. The van der Waals surface area contributed by atoms with E-state index in [1.54, 1.807) is 25.6 Å². The highest BCUT2D eigenvalue weighted by Crippen LogP contribution is 2.27. The van der Waals surface area contributed by atoms with Gasteiger partial charge in [0.2, 0.25) is 0 Å². The molecule has 2 aromatic rings. The molecule has 0 saturated carbocycles. The van der Waals surface area contributed by atoms with Crippen molar-refractivity contribution in [1.29, 1.82) is 0 Å². The predicted molar refractivity (Wildman–Crippen MR) is 77.3 cm³/mol. The van der Waals surface area contributed by atoms with E-state index in [0.717, 1.165) is 11.6 Å². The van der Waals surface area contributed by atoms with Crippen LogP contribution in [0.4, 0.5) is 8.78 Å². The van der Waals surface area contributed by atoms with Crippen LogP contribution in [0.2, 0.25) is 0 Å². The van der Waals surface area contributed by atoms with Crippen LogP contribution in [0.5, 0.6) is 5.75 Å². The van der Waals surface area contributed by atoms with Gasteiger partial charge in [-0.1, -0.05) is 19.1 Å². The molecule has 5 heteroatoms. The van der Waals surface area contributed by atoms with Gasteiger partial charge in [-0.25, -0.2) is 8.78 Å². The summed E-state index contributed by atoms with van der Waals surface area (Å²) in [6.07, 6.45) is 3.60. The summed E-state index contributed by atoms with van der Waals surface area (Å²) in [5, 5.41) is 3.27. The van der Waals surface area contributed by atoms with E-state index < -0.39 is 11.6 Å². The van der Waals surface area contributed by atoms with Crippen LogP contribution in [-0.4, -0.2) is 18.6 Å². The van der Waals surface area contributed by atoms with Gasteiger partial charge >= 0.3 is 0 Å². The van der Waals surface area contributed by atoms with Crippen LogP contribution in [0.3, 0.4) is 0 Å². The second kappa shape index (κ2) is 7.13. The monoisotopic (exact) mass is 292 g/mol. The number of halogens is 2. The number of benzene rings is 1. The maximum Gasteiger partial charge on any atom is 0.162 e. The molecule has 1 atom stereocenters. The van der Waals surface area contributed by atoms with Crippen LogP contribution >= 0.6 is 0 Å². The number of hydrogen-bond donors (Lipinski definition) is 1. The molecule has 0 aliphatic carbocycles. The van der Waals surface area contributed by atoms with Crippen molar-refractivity contribution in [2.45, 2.75) is 19.4 Å². The highest BCUT2D eigenvalue weighted by atomic mass is 19.2. The Morgan fingerprint density at radius 1 is 1.29 bits per heavy atom. The normalized spacial score (nSPS) is 12.2. The first-order valence-electron chi connectivity index (χ1n) is 6.81. The molecule has 1 unspecified atom stereocenters. The molecule has 2 rings (SSSR count). The van der Waals surface area contributed by atoms with E-state index in [2.05, 4.69) is 10.3 Å². The van der Waals surface area contributed by atoms with Crippen LogP contribution in [0.15, 0.2) is 36.7 Å². The lowest BCUT2D eigenvalue weighted by atomic mass is 9.98. The van der Waals surface area contributed by atoms with Gasteiger partial charge < -0.3 is 10.1 Å². The van der Waals surface area contributed by atoms with Gasteiger partial charge in [0.25, 0.3) is 0 Å². The van der Waals surface area contributed by atoms with Crippen LogP contribution in [0.1, 0.15) is 24.1 Å². The van der Waals surface area contributed by atoms with Crippen molar-refractivity contribution in [1.82, 2.24) is 10.3 Å². The summed E-state index contributed by atoms with van der Waals surface area (Å²) in [7, 11) is 1.56. The molecule has 3 nitrogen and oxygen atoms in total. The average molecular weight is 292 g/mol. The van der Waals surface area contributed by atoms with Gasteiger partial charge in [-0.15, -0.1) is 0 Å². The van der Waals surface area contributed by atoms with Gasteiger partial charge in [0.15, 0.2) is 11.6 Å². The third-order valence-electron chi connectivity index (χ3n) is 3.32. The summed E-state index contributed by atoms with van der Waals surface area (Å²) in [5.41, 5.74) is 1.21. The summed E-state index contributed by atoms with van der Waals surface area (Å²) in [4.78, 5) is 4.01.